The molecule has 0 heterocycles. The molecule has 4 N–H and O–H groups in total. The molecule has 3 amide bonds. The molecule has 5 aromatic rings. The molecule has 0 aliphatic carbocycles. The van der Waals surface area contributed by atoms with Crippen molar-refractivity contribution in [2.24, 2.45) is 0 Å². The number of nitrogens with one attached hydrogen (secondary N) is 3. The third-order valence-corrected chi connectivity index (χ3v) is 8.34. The fourth-order valence-electron chi connectivity index (χ4n) is 4.68. The number of anilines is 2. The van der Waals surface area contributed by atoms with Crippen LogP contribution in [0.1, 0.15) is 26.7 Å². The van der Waals surface area contributed by atoms with E-state index in [1.807, 2.05) is 36.4 Å². The number of phenolic OH excluding ortho intramolecular Hbond substituents is 1. The van der Waals surface area contributed by atoms with Gasteiger partial charge in [-0.3, -0.25) is 14.4 Å². The average molecular weight is 660 g/mol. The molecule has 9 nitrogen and oxygen atoms in total. The summed E-state index contributed by atoms with van der Waals surface area (Å²) in [6.45, 7) is 0. The fraction of sp³-hybridized carbons (Fsp3) is 0.0789. The van der Waals surface area contributed by atoms with Crippen molar-refractivity contribution in [2.45, 2.75) is 10.1 Å². The van der Waals surface area contributed by atoms with E-state index in [1.165, 1.54) is 37.1 Å². The van der Waals surface area contributed by atoms with Crippen LogP contribution >= 0.6 is 11.8 Å². The SMILES string of the molecule is COc1ccc(NC(=O)C(Sc2cccc(NC(=O)/C(=C\c3ccc(O)cc3OC)NC(=O)c3ccccc3)c2)c2ccccc2)cc1. The van der Waals surface area contributed by atoms with Gasteiger partial charge in [0.05, 0.1) is 14.2 Å². The van der Waals surface area contributed by atoms with Gasteiger partial charge in [0.15, 0.2) is 0 Å². The van der Waals surface area contributed by atoms with Gasteiger partial charge in [0, 0.05) is 33.5 Å². The first-order valence-electron chi connectivity index (χ1n) is 14.9. The van der Waals surface area contributed by atoms with E-state index < -0.39 is 17.1 Å². The number of amides is 3. The van der Waals surface area contributed by atoms with Crippen LogP contribution in [-0.2, 0) is 9.59 Å². The quantitative estimate of drug-likeness (QED) is 0.0819. The van der Waals surface area contributed by atoms with Crippen molar-refractivity contribution >= 4 is 46.9 Å². The van der Waals surface area contributed by atoms with Crippen molar-refractivity contribution in [2.75, 3.05) is 24.9 Å². The lowest BCUT2D eigenvalue weighted by Gasteiger charge is -2.18. The summed E-state index contributed by atoms with van der Waals surface area (Å²) >= 11 is 1.33. The number of methoxy groups -OCH3 is 2. The standard InChI is InChI=1S/C38H33N3O6S/c1-46-31-20-17-28(18-21-31)39-38(45)35(25-10-5-3-6-11-25)48-32-15-9-14-29(23-32)40-37(44)33(41-36(43)26-12-7-4-8-13-26)22-27-16-19-30(42)24-34(27)47-2/h3-24,35,42H,1-2H3,(H,39,45)(H,40,44)(H,41,43)/b33-22+. The Morgan fingerprint density at radius 2 is 1.44 bits per heavy atom. The van der Waals surface area contributed by atoms with Gasteiger partial charge in [0.2, 0.25) is 5.91 Å². The Hall–Kier alpha value is -6.00. The first-order chi connectivity index (χ1) is 23.3. The molecular formula is C38H33N3O6S. The number of thioether (sulfide) groups is 1. The summed E-state index contributed by atoms with van der Waals surface area (Å²) in [5.41, 5.74) is 2.67. The van der Waals surface area contributed by atoms with Crippen LogP contribution in [0.25, 0.3) is 6.08 Å². The van der Waals surface area contributed by atoms with Gasteiger partial charge in [-0.1, -0.05) is 54.6 Å². The summed E-state index contributed by atoms with van der Waals surface area (Å²) in [6, 6.07) is 36.6. The van der Waals surface area contributed by atoms with Crippen molar-refractivity contribution in [1.29, 1.82) is 0 Å². The molecule has 10 heteroatoms. The Morgan fingerprint density at radius 3 is 2.12 bits per heavy atom. The van der Waals surface area contributed by atoms with Crippen LogP contribution in [0, 0.1) is 0 Å². The topological polar surface area (TPSA) is 126 Å². The molecule has 0 aromatic heterocycles. The van der Waals surface area contributed by atoms with Crippen LogP contribution in [-0.4, -0.2) is 37.0 Å². The molecular weight excluding hydrogens is 627 g/mol. The smallest absolute Gasteiger partial charge is 0.272 e. The number of hydrogen-bond acceptors (Lipinski definition) is 7. The largest absolute Gasteiger partial charge is 0.508 e. The second-order valence-electron chi connectivity index (χ2n) is 10.4. The third-order valence-electron chi connectivity index (χ3n) is 7.09. The molecule has 48 heavy (non-hydrogen) atoms. The van der Waals surface area contributed by atoms with Crippen molar-refractivity contribution in [3.05, 3.63) is 150 Å². The van der Waals surface area contributed by atoms with E-state index in [4.69, 9.17) is 9.47 Å². The zero-order valence-corrected chi connectivity index (χ0v) is 27.0. The van der Waals surface area contributed by atoms with E-state index in [0.717, 1.165) is 10.5 Å². The van der Waals surface area contributed by atoms with E-state index in [9.17, 15) is 19.5 Å². The van der Waals surface area contributed by atoms with Crippen LogP contribution in [0.5, 0.6) is 17.2 Å². The van der Waals surface area contributed by atoms with Gasteiger partial charge in [-0.2, -0.15) is 0 Å². The van der Waals surface area contributed by atoms with Crippen molar-refractivity contribution < 1.29 is 29.0 Å². The number of aromatic hydroxyl groups is 1. The summed E-state index contributed by atoms with van der Waals surface area (Å²) in [7, 11) is 3.02. The predicted molar refractivity (Wildman–Crippen MR) is 188 cm³/mol. The number of carbonyl (C=O) groups is 3. The summed E-state index contributed by atoms with van der Waals surface area (Å²) in [5, 5.41) is 17.9. The molecule has 0 saturated heterocycles. The number of rotatable bonds is 12. The lowest BCUT2D eigenvalue weighted by molar-refractivity contribution is -0.116. The van der Waals surface area contributed by atoms with Crippen molar-refractivity contribution in [1.82, 2.24) is 5.32 Å². The van der Waals surface area contributed by atoms with Gasteiger partial charge in [-0.15, -0.1) is 11.8 Å². The summed E-state index contributed by atoms with van der Waals surface area (Å²) < 4.78 is 10.6. The highest BCUT2D eigenvalue weighted by molar-refractivity contribution is 8.00. The van der Waals surface area contributed by atoms with Crippen LogP contribution in [0.15, 0.2) is 138 Å². The summed E-state index contributed by atoms with van der Waals surface area (Å²) in [4.78, 5) is 41.1. The maximum Gasteiger partial charge on any atom is 0.272 e. The number of hydrogen-bond donors (Lipinski definition) is 4. The van der Waals surface area contributed by atoms with Gasteiger partial charge < -0.3 is 30.5 Å². The molecule has 0 spiro atoms. The Balaban J connectivity index is 1.39. The normalized spacial score (nSPS) is 11.6. The minimum atomic E-state index is -0.609. The number of carbonyl (C=O) groups excluding carboxylic acids is 3. The second-order valence-corrected chi connectivity index (χ2v) is 11.6. The third kappa shape index (κ3) is 8.83. The molecule has 0 saturated carbocycles. The van der Waals surface area contributed by atoms with Crippen molar-refractivity contribution in [3.8, 4) is 17.2 Å². The van der Waals surface area contributed by atoms with Crippen LogP contribution in [0.3, 0.4) is 0 Å². The Kier molecular flexibility index (Phi) is 11.1. The van der Waals surface area contributed by atoms with Gasteiger partial charge >= 0.3 is 0 Å². The Labute approximate surface area is 282 Å². The Morgan fingerprint density at radius 1 is 0.729 bits per heavy atom. The highest BCUT2D eigenvalue weighted by Crippen LogP contribution is 2.37. The molecule has 0 radical (unpaired) electrons. The summed E-state index contributed by atoms with van der Waals surface area (Å²) in [6.07, 6.45) is 1.47. The number of benzene rings is 5. The van der Waals surface area contributed by atoms with Gasteiger partial charge in [0.1, 0.15) is 28.2 Å². The predicted octanol–water partition coefficient (Wildman–Crippen LogP) is 7.29. The number of phenols is 1. The van der Waals surface area contributed by atoms with E-state index >= 15 is 0 Å². The first-order valence-corrected chi connectivity index (χ1v) is 15.7. The molecule has 1 unspecified atom stereocenters. The zero-order valence-electron chi connectivity index (χ0n) is 26.2. The highest BCUT2D eigenvalue weighted by Gasteiger charge is 2.23. The van der Waals surface area contributed by atoms with Gasteiger partial charge in [0.25, 0.3) is 11.8 Å². The molecule has 0 bridgehead atoms. The van der Waals surface area contributed by atoms with E-state index in [1.54, 1.807) is 86.0 Å². The van der Waals surface area contributed by atoms with Crippen LogP contribution in [0.2, 0.25) is 0 Å². The molecule has 0 aliphatic heterocycles. The minimum Gasteiger partial charge on any atom is -0.508 e. The number of ether oxygens (including phenoxy) is 2. The molecule has 0 aliphatic rings. The molecule has 242 valence electrons. The molecule has 5 rings (SSSR count). The second kappa shape index (κ2) is 16.0. The van der Waals surface area contributed by atoms with Gasteiger partial charge in [-0.25, -0.2) is 0 Å². The average Bonchev–Trinajstić information content (AvgIpc) is 3.12. The van der Waals surface area contributed by atoms with Crippen LogP contribution in [0.4, 0.5) is 11.4 Å². The molecule has 0 fully saturated rings. The van der Waals surface area contributed by atoms with Crippen molar-refractivity contribution in [3.63, 3.8) is 0 Å². The lowest BCUT2D eigenvalue weighted by Crippen LogP contribution is -2.30. The lowest BCUT2D eigenvalue weighted by atomic mass is 10.1. The van der Waals surface area contributed by atoms with E-state index in [0.29, 0.717) is 34.0 Å². The zero-order chi connectivity index (χ0) is 33.9. The maximum atomic E-state index is 13.7. The fourth-order valence-corrected chi connectivity index (χ4v) is 5.77. The first kappa shape index (κ1) is 33.4. The van der Waals surface area contributed by atoms with E-state index in [-0.39, 0.29) is 17.4 Å². The minimum absolute atomic E-state index is 0.0101. The van der Waals surface area contributed by atoms with Crippen LogP contribution < -0.4 is 25.4 Å². The summed E-state index contributed by atoms with van der Waals surface area (Å²) in [5.74, 6) is -0.305. The van der Waals surface area contributed by atoms with Gasteiger partial charge in [-0.05, 0) is 78.4 Å². The van der Waals surface area contributed by atoms with E-state index in [2.05, 4.69) is 16.0 Å². The molecule has 1 atom stereocenters. The monoisotopic (exact) mass is 659 g/mol. The Bertz CT molecular complexity index is 1910. The highest BCUT2D eigenvalue weighted by atomic mass is 32.2. The molecule has 5 aromatic carbocycles. The maximum absolute atomic E-state index is 13.7.